The smallest absolute Gasteiger partial charge is 0.258 e. The Balaban J connectivity index is 1.51. The first-order valence-electron chi connectivity index (χ1n) is 10.1. The number of ether oxygens (including phenoxy) is 1. The van der Waals surface area contributed by atoms with Crippen molar-refractivity contribution in [2.45, 2.75) is 0 Å². The summed E-state index contributed by atoms with van der Waals surface area (Å²) in [6.07, 6.45) is 0. The van der Waals surface area contributed by atoms with Crippen LogP contribution in [0.25, 0.3) is 33.4 Å². The molecule has 0 bridgehead atoms. The molecule has 2 heterocycles. The first-order chi connectivity index (χ1) is 15.7. The number of benzene rings is 3. The quantitative estimate of drug-likeness (QED) is 0.351. The van der Waals surface area contributed by atoms with E-state index >= 15 is 0 Å². The van der Waals surface area contributed by atoms with Gasteiger partial charge in [-0.3, -0.25) is 10.1 Å². The predicted molar refractivity (Wildman–Crippen MR) is 129 cm³/mol. The number of anilines is 1. The molecule has 0 saturated carbocycles. The van der Waals surface area contributed by atoms with Crippen molar-refractivity contribution in [2.75, 3.05) is 12.4 Å². The molecule has 0 unspecified atom stereocenters. The van der Waals surface area contributed by atoms with E-state index in [0.717, 1.165) is 33.5 Å². The van der Waals surface area contributed by atoms with Crippen molar-refractivity contribution < 1.29 is 9.53 Å². The van der Waals surface area contributed by atoms with E-state index in [4.69, 9.17) is 9.72 Å². The molecule has 5 nitrogen and oxygen atoms in total. The van der Waals surface area contributed by atoms with Gasteiger partial charge in [-0.25, -0.2) is 9.97 Å². The van der Waals surface area contributed by atoms with E-state index in [9.17, 15) is 4.79 Å². The van der Waals surface area contributed by atoms with Crippen LogP contribution in [-0.4, -0.2) is 23.0 Å². The number of carbonyl (C=O) groups excluding carboxylic acids is 1. The molecule has 0 saturated heterocycles. The Morgan fingerprint density at radius 1 is 0.844 bits per heavy atom. The Kier molecular flexibility index (Phi) is 5.35. The topological polar surface area (TPSA) is 64.1 Å². The predicted octanol–water partition coefficient (Wildman–Crippen LogP) is 6.29. The van der Waals surface area contributed by atoms with Crippen LogP contribution in [0, 0.1) is 0 Å². The third-order valence-corrected chi connectivity index (χ3v) is 5.88. The summed E-state index contributed by atoms with van der Waals surface area (Å²) in [6.45, 7) is 0. The summed E-state index contributed by atoms with van der Waals surface area (Å²) in [5.74, 6) is 0.515. The number of amides is 1. The van der Waals surface area contributed by atoms with E-state index < -0.39 is 0 Å². The zero-order valence-corrected chi connectivity index (χ0v) is 18.1. The number of rotatable bonds is 5. The lowest BCUT2D eigenvalue weighted by Gasteiger charge is -2.10. The molecule has 1 N–H and O–H groups in total. The zero-order chi connectivity index (χ0) is 21.9. The SMILES string of the molecule is COc1cccc(-c2cc(C(=O)Nc3nc(-c4ccccc4)cs3)c3ccccc3n2)c1. The number of nitrogens with one attached hydrogen (secondary N) is 1. The average molecular weight is 438 g/mol. The second kappa shape index (κ2) is 8.61. The van der Waals surface area contributed by atoms with E-state index in [-0.39, 0.29) is 5.91 Å². The minimum atomic E-state index is -0.221. The molecule has 1 amide bonds. The normalized spacial score (nSPS) is 10.8. The Morgan fingerprint density at radius 2 is 1.62 bits per heavy atom. The molecule has 3 aromatic carbocycles. The second-order valence-electron chi connectivity index (χ2n) is 7.16. The van der Waals surface area contributed by atoms with Crippen LogP contribution in [0.2, 0.25) is 0 Å². The molecule has 2 aromatic heterocycles. The van der Waals surface area contributed by atoms with Crippen molar-refractivity contribution in [3.63, 3.8) is 0 Å². The monoisotopic (exact) mass is 437 g/mol. The molecule has 0 aliphatic carbocycles. The maximum absolute atomic E-state index is 13.3. The van der Waals surface area contributed by atoms with Crippen LogP contribution < -0.4 is 10.1 Å². The maximum atomic E-state index is 13.3. The summed E-state index contributed by atoms with van der Waals surface area (Å²) in [4.78, 5) is 22.6. The summed E-state index contributed by atoms with van der Waals surface area (Å²) in [5.41, 5.74) is 4.73. The molecule has 0 spiro atoms. The van der Waals surface area contributed by atoms with E-state index in [2.05, 4.69) is 10.3 Å². The van der Waals surface area contributed by atoms with Gasteiger partial charge < -0.3 is 4.74 Å². The van der Waals surface area contributed by atoms with Crippen molar-refractivity contribution >= 4 is 33.3 Å². The summed E-state index contributed by atoms with van der Waals surface area (Å²) in [7, 11) is 1.63. The number of nitrogens with zero attached hydrogens (tertiary/aromatic N) is 2. The van der Waals surface area contributed by atoms with Crippen molar-refractivity contribution in [1.29, 1.82) is 0 Å². The molecule has 0 aliphatic rings. The highest BCUT2D eigenvalue weighted by Gasteiger charge is 2.16. The Morgan fingerprint density at radius 3 is 2.47 bits per heavy atom. The third kappa shape index (κ3) is 3.96. The molecule has 5 aromatic rings. The Bertz CT molecular complexity index is 1410. The molecule has 5 rings (SSSR count). The van der Waals surface area contributed by atoms with Crippen LogP contribution in [0.3, 0.4) is 0 Å². The highest BCUT2D eigenvalue weighted by Crippen LogP contribution is 2.29. The van der Waals surface area contributed by atoms with Gasteiger partial charge in [-0.15, -0.1) is 11.3 Å². The number of para-hydroxylation sites is 1. The van der Waals surface area contributed by atoms with Crippen molar-refractivity contribution in [3.05, 3.63) is 95.9 Å². The first-order valence-corrected chi connectivity index (χ1v) is 11.0. The highest BCUT2D eigenvalue weighted by atomic mass is 32.1. The number of pyridine rings is 1. The maximum Gasteiger partial charge on any atom is 0.258 e. The lowest BCUT2D eigenvalue weighted by Crippen LogP contribution is -2.13. The summed E-state index contributed by atoms with van der Waals surface area (Å²) in [5, 5.41) is 6.24. The van der Waals surface area contributed by atoms with Crippen molar-refractivity contribution in [3.8, 4) is 28.3 Å². The fourth-order valence-corrected chi connectivity index (χ4v) is 4.25. The lowest BCUT2D eigenvalue weighted by molar-refractivity contribution is 0.102. The highest BCUT2D eigenvalue weighted by molar-refractivity contribution is 7.14. The summed E-state index contributed by atoms with van der Waals surface area (Å²) >= 11 is 1.40. The van der Waals surface area contributed by atoms with Gasteiger partial charge in [0, 0.05) is 21.9 Å². The van der Waals surface area contributed by atoms with Gasteiger partial charge in [-0.1, -0.05) is 60.7 Å². The number of fused-ring (bicyclic) bond motifs is 1. The molecule has 32 heavy (non-hydrogen) atoms. The van der Waals surface area contributed by atoms with Gasteiger partial charge in [-0.2, -0.15) is 0 Å². The number of carbonyl (C=O) groups is 1. The van der Waals surface area contributed by atoms with Crippen molar-refractivity contribution in [1.82, 2.24) is 9.97 Å². The fraction of sp³-hybridized carbons (Fsp3) is 0.0385. The van der Waals surface area contributed by atoms with Crippen LogP contribution in [0.4, 0.5) is 5.13 Å². The number of thiazole rings is 1. The van der Waals surface area contributed by atoms with Gasteiger partial charge in [0.05, 0.1) is 29.6 Å². The fourth-order valence-electron chi connectivity index (χ4n) is 3.53. The van der Waals surface area contributed by atoms with Crippen LogP contribution in [0.1, 0.15) is 10.4 Å². The van der Waals surface area contributed by atoms with Crippen LogP contribution in [0.5, 0.6) is 5.75 Å². The third-order valence-electron chi connectivity index (χ3n) is 5.12. The molecule has 0 atom stereocenters. The molecular weight excluding hydrogens is 418 g/mol. The minimum Gasteiger partial charge on any atom is -0.497 e. The van der Waals surface area contributed by atoms with Gasteiger partial charge >= 0.3 is 0 Å². The van der Waals surface area contributed by atoms with Gasteiger partial charge in [-0.05, 0) is 24.3 Å². The van der Waals surface area contributed by atoms with E-state index in [1.807, 2.05) is 90.3 Å². The molecule has 0 fully saturated rings. The van der Waals surface area contributed by atoms with E-state index in [1.54, 1.807) is 7.11 Å². The number of aromatic nitrogens is 2. The minimum absolute atomic E-state index is 0.221. The van der Waals surface area contributed by atoms with Crippen LogP contribution >= 0.6 is 11.3 Å². The largest absolute Gasteiger partial charge is 0.497 e. The summed E-state index contributed by atoms with van der Waals surface area (Å²) in [6, 6.07) is 27.0. The number of hydrogen-bond donors (Lipinski definition) is 1. The van der Waals surface area contributed by atoms with Crippen LogP contribution in [0.15, 0.2) is 90.3 Å². The molecule has 0 radical (unpaired) electrons. The van der Waals surface area contributed by atoms with Gasteiger partial charge in [0.1, 0.15) is 5.75 Å². The summed E-state index contributed by atoms with van der Waals surface area (Å²) < 4.78 is 5.35. The van der Waals surface area contributed by atoms with E-state index in [1.165, 1.54) is 11.3 Å². The lowest BCUT2D eigenvalue weighted by atomic mass is 10.0. The van der Waals surface area contributed by atoms with Gasteiger partial charge in [0.2, 0.25) is 0 Å². The molecule has 156 valence electrons. The molecular formula is C26H19N3O2S. The van der Waals surface area contributed by atoms with Gasteiger partial charge in [0.25, 0.3) is 5.91 Å². The van der Waals surface area contributed by atoms with Crippen LogP contribution in [-0.2, 0) is 0 Å². The Labute approximate surface area is 189 Å². The van der Waals surface area contributed by atoms with Gasteiger partial charge in [0.15, 0.2) is 5.13 Å². The first kappa shape index (κ1) is 19.9. The van der Waals surface area contributed by atoms with E-state index in [0.29, 0.717) is 16.4 Å². The Hall–Kier alpha value is -4.03. The average Bonchev–Trinajstić information content (AvgIpc) is 3.32. The molecule has 0 aliphatic heterocycles. The number of hydrogen-bond acceptors (Lipinski definition) is 5. The zero-order valence-electron chi connectivity index (χ0n) is 17.3. The standard InChI is InChI=1S/C26H19N3O2S/c1-31-19-11-7-10-18(14-19)23-15-21(20-12-5-6-13-22(20)27-23)25(30)29-26-28-24(16-32-26)17-8-3-2-4-9-17/h2-16H,1H3,(H,28,29,30). The second-order valence-corrected chi connectivity index (χ2v) is 8.02. The van der Waals surface area contributed by atoms with Crippen molar-refractivity contribution in [2.24, 2.45) is 0 Å². The molecule has 6 heteroatoms. The number of methoxy groups -OCH3 is 1.